The molecular formula is C12H11ClFN3. The average Bonchev–Trinajstić information content (AvgIpc) is 2.28. The molecule has 0 radical (unpaired) electrons. The number of benzene rings is 1. The Balaban J connectivity index is 2.69. The monoisotopic (exact) mass is 251 g/mol. The first-order valence-electron chi connectivity index (χ1n) is 4.97. The quantitative estimate of drug-likeness (QED) is 0.819. The molecule has 0 amide bonds. The van der Waals surface area contributed by atoms with Crippen molar-refractivity contribution in [2.75, 3.05) is 11.5 Å². The summed E-state index contributed by atoms with van der Waals surface area (Å²) in [7, 11) is 0. The van der Waals surface area contributed by atoms with E-state index in [1.165, 1.54) is 6.07 Å². The van der Waals surface area contributed by atoms with Crippen LogP contribution in [0.4, 0.5) is 16.0 Å². The first kappa shape index (κ1) is 11.7. The van der Waals surface area contributed by atoms with Gasteiger partial charge in [-0.3, -0.25) is 0 Å². The van der Waals surface area contributed by atoms with Crippen molar-refractivity contribution in [1.29, 1.82) is 0 Å². The molecular weight excluding hydrogens is 241 g/mol. The number of aromatic nitrogens is 1. The third kappa shape index (κ3) is 2.03. The lowest BCUT2D eigenvalue weighted by molar-refractivity contribution is 0.628. The molecule has 4 N–H and O–H groups in total. The number of anilines is 2. The molecule has 0 atom stereocenters. The highest BCUT2D eigenvalue weighted by Gasteiger charge is 2.12. The van der Waals surface area contributed by atoms with Crippen LogP contribution in [0.5, 0.6) is 0 Å². The number of nitrogens with two attached hydrogens (primary N) is 2. The van der Waals surface area contributed by atoms with Gasteiger partial charge in [-0.2, -0.15) is 0 Å². The summed E-state index contributed by atoms with van der Waals surface area (Å²) in [5, 5.41) is 0.596. The average molecular weight is 252 g/mol. The van der Waals surface area contributed by atoms with Crippen LogP contribution in [0.25, 0.3) is 11.1 Å². The largest absolute Gasteiger partial charge is 0.383 e. The van der Waals surface area contributed by atoms with Crippen molar-refractivity contribution in [1.82, 2.24) is 4.98 Å². The summed E-state index contributed by atoms with van der Waals surface area (Å²) >= 11 is 6.01. The minimum absolute atomic E-state index is 0.189. The van der Waals surface area contributed by atoms with E-state index >= 15 is 0 Å². The van der Waals surface area contributed by atoms with Gasteiger partial charge < -0.3 is 11.5 Å². The second-order valence-corrected chi connectivity index (χ2v) is 4.11. The Bertz CT molecular complexity index is 584. The summed E-state index contributed by atoms with van der Waals surface area (Å²) in [5.74, 6) is -0.603. The van der Waals surface area contributed by atoms with Crippen LogP contribution in [0.15, 0.2) is 24.3 Å². The Morgan fingerprint density at radius 3 is 2.59 bits per heavy atom. The molecule has 0 saturated carbocycles. The van der Waals surface area contributed by atoms with Crippen molar-refractivity contribution in [3.8, 4) is 11.1 Å². The maximum atomic E-state index is 13.4. The third-order valence-electron chi connectivity index (χ3n) is 2.59. The maximum Gasteiger partial charge on any atom is 0.166 e. The van der Waals surface area contributed by atoms with Crippen LogP contribution in [0.3, 0.4) is 0 Å². The van der Waals surface area contributed by atoms with Crippen molar-refractivity contribution in [3.63, 3.8) is 0 Å². The van der Waals surface area contributed by atoms with Crippen molar-refractivity contribution in [3.05, 3.63) is 40.7 Å². The van der Waals surface area contributed by atoms with Crippen LogP contribution in [-0.2, 0) is 0 Å². The van der Waals surface area contributed by atoms with Gasteiger partial charge in [-0.15, -0.1) is 0 Å². The van der Waals surface area contributed by atoms with E-state index in [0.717, 1.165) is 11.1 Å². The van der Waals surface area contributed by atoms with Crippen LogP contribution in [0.2, 0.25) is 5.02 Å². The molecule has 0 spiro atoms. The molecule has 0 unspecified atom stereocenters. The lowest BCUT2D eigenvalue weighted by Gasteiger charge is -2.10. The Hall–Kier alpha value is -1.81. The summed E-state index contributed by atoms with van der Waals surface area (Å²) < 4.78 is 13.4. The third-order valence-corrected chi connectivity index (χ3v) is 3.00. The van der Waals surface area contributed by atoms with Crippen LogP contribution in [0, 0.1) is 12.7 Å². The second kappa shape index (κ2) is 4.22. The zero-order valence-corrected chi connectivity index (χ0v) is 9.92. The van der Waals surface area contributed by atoms with E-state index in [9.17, 15) is 4.39 Å². The molecule has 2 rings (SSSR count). The highest BCUT2D eigenvalue weighted by Crippen LogP contribution is 2.32. The fourth-order valence-corrected chi connectivity index (χ4v) is 1.81. The fraction of sp³-hybridized carbons (Fsp3) is 0.0833. The number of halogens is 2. The normalized spacial score (nSPS) is 10.5. The molecule has 2 aromatic rings. The van der Waals surface area contributed by atoms with Crippen LogP contribution < -0.4 is 11.5 Å². The Morgan fingerprint density at radius 1 is 1.18 bits per heavy atom. The summed E-state index contributed by atoms with van der Waals surface area (Å²) in [6, 6.07) is 6.62. The highest BCUT2D eigenvalue weighted by molar-refractivity contribution is 6.31. The number of nitrogens with zero attached hydrogens (tertiary/aromatic N) is 1. The molecule has 0 fully saturated rings. The number of hydrogen-bond donors (Lipinski definition) is 2. The van der Waals surface area contributed by atoms with E-state index in [1.807, 2.05) is 13.0 Å². The van der Waals surface area contributed by atoms with E-state index in [2.05, 4.69) is 4.98 Å². The number of rotatable bonds is 1. The minimum Gasteiger partial charge on any atom is -0.383 e. The molecule has 0 aliphatic carbocycles. The van der Waals surface area contributed by atoms with Gasteiger partial charge in [0.2, 0.25) is 0 Å². The van der Waals surface area contributed by atoms with E-state index in [-0.39, 0.29) is 11.6 Å². The summed E-state index contributed by atoms with van der Waals surface area (Å²) in [6.07, 6.45) is 0. The Labute approximate surface area is 103 Å². The summed E-state index contributed by atoms with van der Waals surface area (Å²) in [5.41, 5.74) is 13.2. The van der Waals surface area contributed by atoms with Crippen LogP contribution in [-0.4, -0.2) is 4.98 Å². The van der Waals surface area contributed by atoms with Gasteiger partial charge in [0.15, 0.2) is 11.6 Å². The highest BCUT2D eigenvalue weighted by atomic mass is 35.5. The molecule has 0 bridgehead atoms. The maximum absolute atomic E-state index is 13.4. The molecule has 1 heterocycles. The van der Waals surface area contributed by atoms with Crippen molar-refractivity contribution >= 4 is 23.2 Å². The lowest BCUT2D eigenvalue weighted by atomic mass is 10.0. The molecule has 17 heavy (non-hydrogen) atoms. The van der Waals surface area contributed by atoms with Crippen LogP contribution in [0.1, 0.15) is 5.56 Å². The second-order valence-electron chi connectivity index (χ2n) is 3.70. The molecule has 3 nitrogen and oxygen atoms in total. The Kier molecular flexibility index (Phi) is 2.90. The zero-order valence-electron chi connectivity index (χ0n) is 9.17. The van der Waals surface area contributed by atoms with Gasteiger partial charge in [0.05, 0.1) is 0 Å². The molecule has 0 saturated heterocycles. The first-order valence-corrected chi connectivity index (χ1v) is 5.35. The van der Waals surface area contributed by atoms with Gasteiger partial charge in [-0.25, -0.2) is 9.37 Å². The first-order chi connectivity index (χ1) is 8.00. The molecule has 0 aliphatic rings. The van der Waals surface area contributed by atoms with Gasteiger partial charge in [0.1, 0.15) is 5.82 Å². The standard InChI is InChI=1S/C12H11ClFN3/c1-6-7(3-2-4-9(6)13)8-5-10(14)12(16)17-11(8)15/h2-5H,1H3,(H4,15,16,17). The van der Waals surface area contributed by atoms with E-state index in [4.69, 9.17) is 23.1 Å². The Morgan fingerprint density at radius 2 is 1.88 bits per heavy atom. The van der Waals surface area contributed by atoms with E-state index in [0.29, 0.717) is 10.6 Å². The topological polar surface area (TPSA) is 64.9 Å². The van der Waals surface area contributed by atoms with Crippen molar-refractivity contribution < 1.29 is 4.39 Å². The van der Waals surface area contributed by atoms with E-state index < -0.39 is 5.82 Å². The van der Waals surface area contributed by atoms with Gasteiger partial charge in [-0.05, 0) is 30.2 Å². The lowest BCUT2D eigenvalue weighted by Crippen LogP contribution is -2.02. The predicted molar refractivity (Wildman–Crippen MR) is 68.2 cm³/mol. The smallest absolute Gasteiger partial charge is 0.166 e. The van der Waals surface area contributed by atoms with Gasteiger partial charge in [0, 0.05) is 10.6 Å². The molecule has 1 aromatic carbocycles. The fourth-order valence-electron chi connectivity index (χ4n) is 1.63. The van der Waals surface area contributed by atoms with E-state index in [1.54, 1.807) is 12.1 Å². The summed E-state index contributed by atoms with van der Waals surface area (Å²) in [4.78, 5) is 3.76. The van der Waals surface area contributed by atoms with Gasteiger partial charge in [-0.1, -0.05) is 23.7 Å². The number of nitrogen functional groups attached to an aromatic ring is 2. The zero-order chi connectivity index (χ0) is 12.6. The number of hydrogen-bond acceptors (Lipinski definition) is 3. The SMILES string of the molecule is Cc1c(Cl)cccc1-c1cc(F)c(N)nc1N. The summed E-state index contributed by atoms with van der Waals surface area (Å²) in [6.45, 7) is 1.84. The van der Waals surface area contributed by atoms with Crippen molar-refractivity contribution in [2.24, 2.45) is 0 Å². The number of pyridine rings is 1. The molecule has 88 valence electrons. The molecule has 0 aliphatic heterocycles. The molecule has 1 aromatic heterocycles. The van der Waals surface area contributed by atoms with Gasteiger partial charge in [0.25, 0.3) is 0 Å². The van der Waals surface area contributed by atoms with Crippen molar-refractivity contribution in [2.45, 2.75) is 6.92 Å². The molecule has 5 heteroatoms. The van der Waals surface area contributed by atoms with Crippen LogP contribution >= 0.6 is 11.6 Å². The minimum atomic E-state index is -0.589. The van der Waals surface area contributed by atoms with Gasteiger partial charge >= 0.3 is 0 Å². The predicted octanol–water partition coefficient (Wildman–Crippen LogP) is 3.01.